The predicted octanol–water partition coefficient (Wildman–Crippen LogP) is 5.52. The third kappa shape index (κ3) is 2.86. The van der Waals surface area contributed by atoms with Gasteiger partial charge in [-0.25, -0.2) is 4.79 Å². The first-order chi connectivity index (χ1) is 11.7. The molecule has 0 unspecified atom stereocenters. The molecule has 2 aromatic carbocycles. The maximum absolute atomic E-state index is 13.2. The molecule has 24 heavy (non-hydrogen) atoms. The molecule has 0 aromatic heterocycles. The zero-order valence-corrected chi connectivity index (χ0v) is 15.1. The first kappa shape index (κ1) is 17.1. The molecule has 0 radical (unpaired) electrons. The van der Waals surface area contributed by atoms with Gasteiger partial charge in [-0.15, -0.1) is 0 Å². The van der Waals surface area contributed by atoms with Gasteiger partial charge in [0.25, 0.3) is 0 Å². The van der Waals surface area contributed by atoms with E-state index in [-0.39, 0.29) is 5.97 Å². The molecule has 0 spiro atoms. The summed E-state index contributed by atoms with van der Waals surface area (Å²) in [6, 6.07) is 20.1. The van der Waals surface area contributed by atoms with Gasteiger partial charge in [0.05, 0.1) is 0 Å². The van der Waals surface area contributed by atoms with Crippen molar-refractivity contribution in [2.75, 3.05) is 0 Å². The van der Waals surface area contributed by atoms with Crippen LogP contribution < -0.4 is 0 Å². The van der Waals surface area contributed by atoms with Crippen molar-refractivity contribution in [2.45, 2.75) is 49.2 Å². The molecule has 0 amide bonds. The number of ether oxygens (including phenoxy) is 1. The lowest BCUT2D eigenvalue weighted by Crippen LogP contribution is -2.30. The van der Waals surface area contributed by atoms with Crippen LogP contribution in [0.15, 0.2) is 60.7 Å². The van der Waals surface area contributed by atoms with Gasteiger partial charge in [0.1, 0.15) is 0 Å². The van der Waals surface area contributed by atoms with E-state index in [0.717, 1.165) is 36.8 Å². The lowest BCUT2D eigenvalue weighted by atomic mass is 9.90. The SMILES string of the molecule is CCCC1(CCC)OC(=O)C(c2ccccc2)(c2ccccc2)S1. The minimum Gasteiger partial charge on any atom is -0.446 e. The summed E-state index contributed by atoms with van der Waals surface area (Å²) in [5, 5.41) is 0. The Morgan fingerprint density at radius 2 is 1.29 bits per heavy atom. The molecule has 1 saturated heterocycles. The Bertz CT molecular complexity index is 636. The maximum atomic E-state index is 13.2. The van der Waals surface area contributed by atoms with Crippen LogP contribution in [-0.2, 0) is 14.3 Å². The summed E-state index contributed by atoms with van der Waals surface area (Å²) in [4.78, 5) is 12.8. The number of thioether (sulfide) groups is 1. The van der Waals surface area contributed by atoms with E-state index in [1.165, 1.54) is 0 Å². The minimum absolute atomic E-state index is 0.133. The van der Waals surface area contributed by atoms with Crippen molar-refractivity contribution in [2.24, 2.45) is 0 Å². The van der Waals surface area contributed by atoms with Crippen molar-refractivity contribution in [1.29, 1.82) is 0 Å². The number of carbonyl (C=O) groups excluding carboxylic acids is 1. The van der Waals surface area contributed by atoms with E-state index in [0.29, 0.717) is 0 Å². The number of cyclic esters (lactones) is 1. The van der Waals surface area contributed by atoms with E-state index in [9.17, 15) is 4.79 Å². The van der Waals surface area contributed by atoms with Crippen LogP contribution in [0.4, 0.5) is 0 Å². The third-order valence-electron chi connectivity index (χ3n) is 4.53. The molecule has 1 aliphatic rings. The lowest BCUT2D eigenvalue weighted by molar-refractivity contribution is -0.150. The summed E-state index contributed by atoms with van der Waals surface area (Å²) in [6.45, 7) is 4.30. The van der Waals surface area contributed by atoms with Gasteiger partial charge in [0, 0.05) is 0 Å². The van der Waals surface area contributed by atoms with Crippen LogP contribution in [0.2, 0.25) is 0 Å². The molecule has 126 valence electrons. The summed E-state index contributed by atoms with van der Waals surface area (Å²) < 4.78 is 5.31. The highest BCUT2D eigenvalue weighted by molar-refractivity contribution is 8.02. The summed E-state index contributed by atoms with van der Waals surface area (Å²) in [7, 11) is 0. The Morgan fingerprint density at radius 3 is 1.71 bits per heavy atom. The second kappa shape index (κ2) is 7.02. The van der Waals surface area contributed by atoms with E-state index in [4.69, 9.17) is 4.74 Å². The average Bonchev–Trinajstić information content (AvgIpc) is 2.90. The van der Waals surface area contributed by atoms with Crippen molar-refractivity contribution in [3.63, 3.8) is 0 Å². The highest BCUT2D eigenvalue weighted by atomic mass is 32.2. The Labute approximate surface area is 148 Å². The van der Waals surface area contributed by atoms with E-state index >= 15 is 0 Å². The topological polar surface area (TPSA) is 26.3 Å². The number of esters is 1. The Morgan fingerprint density at radius 1 is 0.833 bits per heavy atom. The minimum atomic E-state index is -0.771. The van der Waals surface area contributed by atoms with Crippen LogP contribution in [0.3, 0.4) is 0 Å². The summed E-state index contributed by atoms with van der Waals surface area (Å²) in [6.07, 6.45) is 3.78. The van der Waals surface area contributed by atoms with E-state index < -0.39 is 9.68 Å². The fourth-order valence-electron chi connectivity index (χ4n) is 3.54. The molecule has 1 aliphatic heterocycles. The number of benzene rings is 2. The molecule has 1 fully saturated rings. The van der Waals surface area contributed by atoms with Crippen molar-refractivity contribution in [3.8, 4) is 0 Å². The molecule has 2 nitrogen and oxygen atoms in total. The van der Waals surface area contributed by atoms with Gasteiger partial charge >= 0.3 is 5.97 Å². The molecule has 0 aliphatic carbocycles. The highest BCUT2D eigenvalue weighted by Gasteiger charge is 2.58. The molecule has 3 heteroatoms. The van der Waals surface area contributed by atoms with Gasteiger partial charge in [-0.05, 0) is 24.0 Å². The molecule has 3 rings (SSSR count). The highest BCUT2D eigenvalue weighted by Crippen LogP contribution is 2.58. The van der Waals surface area contributed by atoms with Gasteiger partial charge in [-0.3, -0.25) is 0 Å². The number of hydrogen-bond acceptors (Lipinski definition) is 3. The first-order valence-electron chi connectivity index (χ1n) is 8.71. The second-order valence-corrected chi connectivity index (χ2v) is 7.88. The van der Waals surface area contributed by atoms with E-state index in [1.807, 2.05) is 60.7 Å². The van der Waals surface area contributed by atoms with Crippen LogP contribution in [0.25, 0.3) is 0 Å². The molecule has 2 aromatic rings. The van der Waals surface area contributed by atoms with Gasteiger partial charge < -0.3 is 4.74 Å². The lowest BCUT2D eigenvalue weighted by Gasteiger charge is -2.29. The van der Waals surface area contributed by atoms with Crippen molar-refractivity contribution in [1.82, 2.24) is 0 Å². The molecular formula is C21H24O2S. The summed E-state index contributed by atoms with van der Waals surface area (Å²) in [5.41, 5.74) is 2.00. The average molecular weight is 340 g/mol. The van der Waals surface area contributed by atoms with Gasteiger partial charge in [-0.2, -0.15) is 0 Å². The molecule has 0 N–H and O–H groups in total. The Balaban J connectivity index is 2.15. The zero-order valence-electron chi connectivity index (χ0n) is 14.3. The van der Waals surface area contributed by atoms with Gasteiger partial charge in [0.2, 0.25) is 0 Å². The fourth-order valence-corrected chi connectivity index (χ4v) is 5.46. The van der Waals surface area contributed by atoms with Crippen molar-refractivity contribution >= 4 is 17.7 Å². The number of carbonyl (C=O) groups is 1. The van der Waals surface area contributed by atoms with Crippen molar-refractivity contribution < 1.29 is 9.53 Å². The summed E-state index contributed by atoms with van der Waals surface area (Å²) in [5.74, 6) is -0.133. The van der Waals surface area contributed by atoms with Crippen LogP contribution in [0.5, 0.6) is 0 Å². The van der Waals surface area contributed by atoms with Gasteiger partial charge in [-0.1, -0.05) is 99.1 Å². The molecule has 0 bridgehead atoms. The first-order valence-corrected chi connectivity index (χ1v) is 9.53. The number of hydrogen-bond donors (Lipinski definition) is 0. The zero-order chi connectivity index (χ0) is 17.0. The second-order valence-electron chi connectivity index (χ2n) is 6.32. The molecule has 0 saturated carbocycles. The monoisotopic (exact) mass is 340 g/mol. The Kier molecular flexibility index (Phi) is 5.00. The quantitative estimate of drug-likeness (QED) is 0.648. The largest absolute Gasteiger partial charge is 0.446 e. The Hall–Kier alpha value is -1.74. The van der Waals surface area contributed by atoms with Gasteiger partial charge in [0.15, 0.2) is 9.68 Å². The van der Waals surface area contributed by atoms with E-state index in [2.05, 4.69) is 13.8 Å². The predicted molar refractivity (Wildman–Crippen MR) is 99.9 cm³/mol. The fraction of sp³-hybridized carbons (Fsp3) is 0.381. The van der Waals surface area contributed by atoms with Crippen LogP contribution in [-0.4, -0.2) is 10.9 Å². The molecule has 1 heterocycles. The smallest absolute Gasteiger partial charge is 0.332 e. The standard InChI is InChI=1S/C21H24O2S/c1-3-15-20(16-4-2)23-19(22)21(24-20,17-11-7-5-8-12-17)18-13-9-6-10-14-18/h5-14H,3-4,15-16H2,1-2H3. The van der Waals surface area contributed by atoms with Crippen LogP contribution >= 0.6 is 11.8 Å². The van der Waals surface area contributed by atoms with Crippen molar-refractivity contribution in [3.05, 3.63) is 71.8 Å². The normalized spacial score (nSPS) is 18.3. The van der Waals surface area contributed by atoms with Crippen LogP contribution in [0, 0.1) is 0 Å². The maximum Gasteiger partial charge on any atom is 0.332 e. The molecular weight excluding hydrogens is 316 g/mol. The van der Waals surface area contributed by atoms with E-state index in [1.54, 1.807) is 11.8 Å². The summed E-state index contributed by atoms with van der Waals surface area (Å²) >= 11 is 1.70. The molecule has 0 atom stereocenters. The number of rotatable bonds is 6. The van der Waals surface area contributed by atoms with Crippen LogP contribution in [0.1, 0.15) is 50.7 Å². The third-order valence-corrected chi connectivity index (χ3v) is 6.34.